The number of carbonyl (C=O) groups excluding carboxylic acids is 2. The normalized spacial score (nSPS) is 11.7. The summed E-state index contributed by atoms with van der Waals surface area (Å²) in [5.74, 6) is 0.0334. The van der Waals surface area contributed by atoms with Gasteiger partial charge in [-0.05, 0) is 48.0 Å². The third-order valence-electron chi connectivity index (χ3n) is 5.05. The molecule has 35 heavy (non-hydrogen) atoms. The number of methoxy groups -OCH3 is 2. The Bertz CT molecular complexity index is 1280. The minimum Gasteiger partial charge on any atom is -0.497 e. The number of nitrogens with one attached hydrogen (secondary N) is 3. The molecule has 184 valence electrons. The fourth-order valence-corrected chi connectivity index (χ4v) is 4.67. The van der Waals surface area contributed by atoms with Crippen LogP contribution in [0.2, 0.25) is 0 Å². The predicted octanol–water partition coefficient (Wildman–Crippen LogP) is 3.71. The second kappa shape index (κ2) is 11.4. The van der Waals surface area contributed by atoms with E-state index in [-0.39, 0.29) is 28.7 Å². The fraction of sp³-hybridized carbons (Fsp3) is 0.200. The first-order valence-corrected chi connectivity index (χ1v) is 12.2. The molecule has 9 nitrogen and oxygen atoms in total. The van der Waals surface area contributed by atoms with Crippen molar-refractivity contribution in [2.45, 2.75) is 24.3 Å². The van der Waals surface area contributed by atoms with Gasteiger partial charge >= 0.3 is 0 Å². The summed E-state index contributed by atoms with van der Waals surface area (Å²) in [4.78, 5) is 24.3. The zero-order valence-electron chi connectivity index (χ0n) is 19.6. The molecule has 0 aromatic heterocycles. The van der Waals surface area contributed by atoms with E-state index in [1.807, 2.05) is 30.3 Å². The molecule has 0 bridgehead atoms. The lowest BCUT2D eigenvalue weighted by Crippen LogP contribution is -2.29. The third-order valence-corrected chi connectivity index (χ3v) is 6.45. The Morgan fingerprint density at radius 1 is 0.886 bits per heavy atom. The molecule has 10 heteroatoms. The Labute approximate surface area is 204 Å². The van der Waals surface area contributed by atoms with Crippen LogP contribution in [0.15, 0.2) is 77.7 Å². The molecule has 3 N–H and O–H groups in total. The predicted molar refractivity (Wildman–Crippen MR) is 133 cm³/mol. The summed E-state index contributed by atoms with van der Waals surface area (Å²) in [5.41, 5.74) is 1.38. The van der Waals surface area contributed by atoms with Gasteiger partial charge in [-0.2, -0.15) is 0 Å². The van der Waals surface area contributed by atoms with Crippen molar-refractivity contribution in [3.63, 3.8) is 0 Å². The molecule has 0 aliphatic heterocycles. The second-order valence-corrected chi connectivity index (χ2v) is 9.27. The van der Waals surface area contributed by atoms with E-state index < -0.39 is 22.0 Å². The van der Waals surface area contributed by atoms with Crippen molar-refractivity contribution in [1.82, 2.24) is 5.32 Å². The maximum absolute atomic E-state index is 13.1. The number of ether oxygens (including phenoxy) is 2. The largest absolute Gasteiger partial charge is 0.497 e. The van der Waals surface area contributed by atoms with E-state index in [1.54, 1.807) is 30.3 Å². The molecule has 3 aromatic rings. The van der Waals surface area contributed by atoms with Crippen molar-refractivity contribution in [3.8, 4) is 11.5 Å². The van der Waals surface area contributed by atoms with Gasteiger partial charge in [-0.3, -0.25) is 14.3 Å². The van der Waals surface area contributed by atoms with Crippen molar-refractivity contribution >= 4 is 33.2 Å². The van der Waals surface area contributed by atoms with Crippen LogP contribution in [-0.4, -0.2) is 34.5 Å². The van der Waals surface area contributed by atoms with Crippen LogP contribution in [-0.2, 0) is 19.6 Å². The van der Waals surface area contributed by atoms with E-state index in [0.717, 1.165) is 5.56 Å². The van der Waals surface area contributed by atoms with Gasteiger partial charge in [-0.1, -0.05) is 30.3 Å². The number of hydrogen-bond donors (Lipinski definition) is 3. The van der Waals surface area contributed by atoms with Crippen molar-refractivity contribution < 1.29 is 27.5 Å². The molecule has 2 amide bonds. The summed E-state index contributed by atoms with van der Waals surface area (Å²) >= 11 is 0. The smallest absolute Gasteiger partial charge is 0.265 e. The lowest BCUT2D eigenvalue weighted by molar-refractivity contribution is -0.120. The van der Waals surface area contributed by atoms with Gasteiger partial charge in [0, 0.05) is 18.3 Å². The van der Waals surface area contributed by atoms with Crippen molar-refractivity contribution in [2.24, 2.45) is 0 Å². The monoisotopic (exact) mass is 497 g/mol. The second-order valence-electron chi connectivity index (χ2n) is 7.62. The van der Waals surface area contributed by atoms with Gasteiger partial charge in [-0.25, -0.2) is 8.42 Å². The quantitative estimate of drug-likeness (QED) is 0.392. The minimum atomic E-state index is -4.04. The average Bonchev–Trinajstić information content (AvgIpc) is 2.84. The first-order valence-electron chi connectivity index (χ1n) is 10.7. The van der Waals surface area contributed by atoms with Crippen LogP contribution in [0.4, 0.5) is 11.4 Å². The van der Waals surface area contributed by atoms with E-state index in [9.17, 15) is 18.0 Å². The zero-order valence-corrected chi connectivity index (χ0v) is 20.4. The van der Waals surface area contributed by atoms with E-state index in [4.69, 9.17) is 9.47 Å². The highest BCUT2D eigenvalue weighted by Crippen LogP contribution is 2.30. The van der Waals surface area contributed by atoms with Crippen molar-refractivity contribution in [1.29, 1.82) is 0 Å². The molecule has 1 unspecified atom stereocenters. The number of sulfonamides is 1. The van der Waals surface area contributed by atoms with Crippen molar-refractivity contribution in [3.05, 3.63) is 78.4 Å². The highest BCUT2D eigenvalue weighted by molar-refractivity contribution is 7.92. The molecule has 0 saturated heterocycles. The summed E-state index contributed by atoms with van der Waals surface area (Å²) in [6.07, 6.45) is -0.0399. The standard InChI is InChI=1S/C25H27N3O6S/c1-17(29)26-22(18-7-5-4-6-8-18)16-25(30)27-20-11-14-23(34-3)24(15-20)35(31,32)28-19-9-12-21(33-2)13-10-19/h4-15,22,28H,16H2,1-3H3,(H,26,29)(H,27,30). The van der Waals surface area contributed by atoms with Crippen LogP contribution in [0.3, 0.4) is 0 Å². The first-order chi connectivity index (χ1) is 16.7. The first kappa shape index (κ1) is 25.6. The van der Waals surface area contributed by atoms with Gasteiger partial charge < -0.3 is 20.1 Å². The molecule has 0 heterocycles. The van der Waals surface area contributed by atoms with Crippen LogP contribution >= 0.6 is 0 Å². The van der Waals surface area contributed by atoms with Crippen molar-refractivity contribution in [2.75, 3.05) is 24.3 Å². The fourth-order valence-electron chi connectivity index (χ4n) is 3.41. The number of amides is 2. The van der Waals surface area contributed by atoms with Crippen LogP contribution in [0, 0.1) is 0 Å². The van der Waals surface area contributed by atoms with Gasteiger partial charge in [0.1, 0.15) is 16.4 Å². The molecule has 3 rings (SSSR count). The molecule has 3 aromatic carbocycles. The number of benzene rings is 3. The molecule has 0 aliphatic rings. The summed E-state index contributed by atoms with van der Waals surface area (Å²) in [5, 5.41) is 5.47. The average molecular weight is 498 g/mol. The van der Waals surface area contributed by atoms with Gasteiger partial charge in [0.25, 0.3) is 10.0 Å². The van der Waals surface area contributed by atoms with Crippen LogP contribution in [0.1, 0.15) is 24.9 Å². The van der Waals surface area contributed by atoms with Gasteiger partial charge in [0.05, 0.1) is 26.7 Å². The van der Waals surface area contributed by atoms with Gasteiger partial charge in [0.15, 0.2) is 0 Å². The Hall–Kier alpha value is -4.05. The molecule has 0 aliphatic carbocycles. The highest BCUT2D eigenvalue weighted by atomic mass is 32.2. The zero-order chi connectivity index (χ0) is 25.4. The maximum Gasteiger partial charge on any atom is 0.265 e. The number of carbonyl (C=O) groups is 2. The molecule has 0 fully saturated rings. The Morgan fingerprint density at radius 2 is 1.54 bits per heavy atom. The number of rotatable bonds is 10. The molecule has 1 atom stereocenters. The Balaban J connectivity index is 1.80. The molecule has 0 spiro atoms. The summed E-state index contributed by atoms with van der Waals surface area (Å²) in [6.45, 7) is 1.38. The van der Waals surface area contributed by atoms with Gasteiger partial charge in [0.2, 0.25) is 11.8 Å². The maximum atomic E-state index is 13.1. The van der Waals surface area contributed by atoms with Crippen LogP contribution in [0.25, 0.3) is 0 Å². The molecular weight excluding hydrogens is 470 g/mol. The van der Waals surface area contributed by atoms with E-state index >= 15 is 0 Å². The topological polar surface area (TPSA) is 123 Å². The van der Waals surface area contributed by atoms with Crippen LogP contribution < -0.4 is 24.8 Å². The third kappa shape index (κ3) is 6.97. The van der Waals surface area contributed by atoms with Gasteiger partial charge in [-0.15, -0.1) is 0 Å². The van der Waals surface area contributed by atoms with Crippen LogP contribution in [0.5, 0.6) is 11.5 Å². The van der Waals surface area contributed by atoms with E-state index in [0.29, 0.717) is 11.4 Å². The molecule has 0 radical (unpaired) electrons. The summed E-state index contributed by atoms with van der Waals surface area (Å²) in [7, 11) is -1.17. The minimum absolute atomic E-state index is 0.0399. The molecule has 0 saturated carbocycles. The SMILES string of the molecule is COc1ccc(NS(=O)(=O)c2cc(NC(=O)CC(NC(C)=O)c3ccccc3)ccc2OC)cc1. The lowest BCUT2D eigenvalue weighted by Gasteiger charge is -2.18. The summed E-state index contributed by atoms with van der Waals surface area (Å²) < 4.78 is 39.0. The van der Waals surface area contributed by atoms with E-state index in [2.05, 4.69) is 15.4 Å². The number of anilines is 2. The summed E-state index contributed by atoms with van der Waals surface area (Å²) in [6, 6.07) is 19.3. The highest BCUT2D eigenvalue weighted by Gasteiger charge is 2.22. The van der Waals surface area contributed by atoms with E-state index in [1.165, 1.54) is 33.3 Å². The Kier molecular flexibility index (Phi) is 8.32. The lowest BCUT2D eigenvalue weighted by atomic mass is 10.0. The molecular formula is C25H27N3O6S. The Morgan fingerprint density at radius 3 is 2.14 bits per heavy atom. The number of hydrogen-bond acceptors (Lipinski definition) is 6.